The maximum absolute atomic E-state index is 12.9. The van der Waals surface area contributed by atoms with Crippen LogP contribution in [0.4, 0.5) is 0 Å². The summed E-state index contributed by atoms with van der Waals surface area (Å²) >= 11 is 0. The predicted octanol–water partition coefficient (Wildman–Crippen LogP) is 24.4. The molecule has 0 radical (unpaired) electrons. The zero-order chi connectivity index (χ0) is 58.5. The lowest BCUT2D eigenvalue weighted by atomic mass is 10.0. The average Bonchev–Trinajstić information content (AvgIpc) is 3.47. The molecule has 0 saturated heterocycles. The van der Waals surface area contributed by atoms with E-state index < -0.39 is 6.10 Å². The van der Waals surface area contributed by atoms with Crippen molar-refractivity contribution < 1.29 is 28.6 Å². The van der Waals surface area contributed by atoms with E-state index in [0.717, 1.165) is 96.3 Å². The van der Waals surface area contributed by atoms with E-state index in [9.17, 15) is 14.4 Å². The van der Waals surface area contributed by atoms with E-state index in [4.69, 9.17) is 14.2 Å². The molecular weight excluding hydrogens is 997 g/mol. The van der Waals surface area contributed by atoms with Crippen molar-refractivity contribution in [2.45, 2.75) is 374 Å². The second kappa shape index (κ2) is 69.3. The Bertz CT molecular complexity index is 1490. The monoisotopic (exact) mass is 1130 g/mol. The van der Waals surface area contributed by atoms with Gasteiger partial charge in [0, 0.05) is 19.3 Å². The summed E-state index contributed by atoms with van der Waals surface area (Å²) in [5.41, 5.74) is 0. The van der Waals surface area contributed by atoms with Gasteiger partial charge in [0.15, 0.2) is 6.10 Å². The highest BCUT2D eigenvalue weighted by molar-refractivity contribution is 5.71. The Balaban J connectivity index is 4.31. The summed E-state index contributed by atoms with van der Waals surface area (Å²) < 4.78 is 17.0. The fourth-order valence-electron chi connectivity index (χ4n) is 10.4. The Kier molecular flexibility index (Phi) is 66.6. The molecule has 1 unspecified atom stereocenters. The molecule has 1 atom stereocenters. The lowest BCUT2D eigenvalue weighted by Crippen LogP contribution is -2.30. The molecule has 0 N–H and O–H groups in total. The zero-order valence-corrected chi connectivity index (χ0v) is 54.1. The number of unbranched alkanes of at least 4 members (excludes halogenated alkanes) is 42. The van der Waals surface area contributed by atoms with Gasteiger partial charge in [0.1, 0.15) is 13.2 Å². The maximum atomic E-state index is 12.9. The molecule has 0 aliphatic heterocycles. The second-order valence-electron chi connectivity index (χ2n) is 23.8. The Morgan fingerprint density at radius 1 is 0.259 bits per heavy atom. The summed E-state index contributed by atoms with van der Waals surface area (Å²) in [5, 5.41) is 0. The highest BCUT2D eigenvalue weighted by Gasteiger charge is 2.19. The van der Waals surface area contributed by atoms with Gasteiger partial charge in [-0.25, -0.2) is 0 Å². The van der Waals surface area contributed by atoms with Gasteiger partial charge in [-0.1, -0.05) is 312 Å². The van der Waals surface area contributed by atoms with Crippen LogP contribution >= 0.6 is 0 Å². The van der Waals surface area contributed by atoms with E-state index in [1.54, 1.807) is 0 Å². The molecule has 0 spiro atoms. The molecule has 0 aliphatic carbocycles. The van der Waals surface area contributed by atoms with Crippen molar-refractivity contribution in [1.29, 1.82) is 0 Å². The normalized spacial score (nSPS) is 12.5. The van der Waals surface area contributed by atoms with Crippen molar-refractivity contribution in [3.63, 3.8) is 0 Å². The molecule has 6 nitrogen and oxygen atoms in total. The molecule has 0 rings (SSSR count). The second-order valence-corrected chi connectivity index (χ2v) is 23.8. The van der Waals surface area contributed by atoms with E-state index in [0.29, 0.717) is 19.3 Å². The molecule has 0 bridgehead atoms. The molecule has 0 aromatic rings. The number of rotatable bonds is 65. The minimum atomic E-state index is -0.786. The fraction of sp³-hybridized carbons (Fsp3) is 0.800. The van der Waals surface area contributed by atoms with Crippen LogP contribution in [-0.2, 0) is 28.6 Å². The summed E-state index contributed by atoms with van der Waals surface area (Å²) in [6, 6.07) is 0. The van der Waals surface area contributed by atoms with Gasteiger partial charge in [-0.2, -0.15) is 0 Å². The smallest absolute Gasteiger partial charge is 0.306 e. The van der Waals surface area contributed by atoms with Gasteiger partial charge in [0.05, 0.1) is 0 Å². The quantitative estimate of drug-likeness (QED) is 0.0261. The Labute approximate surface area is 503 Å². The Morgan fingerprint density at radius 3 is 0.765 bits per heavy atom. The van der Waals surface area contributed by atoms with Crippen molar-refractivity contribution in [2.75, 3.05) is 13.2 Å². The number of hydrogen-bond donors (Lipinski definition) is 0. The van der Waals surface area contributed by atoms with Crippen molar-refractivity contribution in [1.82, 2.24) is 0 Å². The van der Waals surface area contributed by atoms with Gasteiger partial charge in [-0.3, -0.25) is 14.4 Å². The highest BCUT2D eigenvalue weighted by Crippen LogP contribution is 2.17. The van der Waals surface area contributed by atoms with E-state index in [1.807, 2.05) is 0 Å². The van der Waals surface area contributed by atoms with Crippen LogP contribution in [0.1, 0.15) is 367 Å². The summed E-state index contributed by atoms with van der Waals surface area (Å²) in [6.45, 7) is 6.56. The molecule has 0 amide bonds. The third kappa shape index (κ3) is 67.5. The zero-order valence-electron chi connectivity index (χ0n) is 54.1. The first kappa shape index (κ1) is 77.9. The van der Waals surface area contributed by atoms with Crippen LogP contribution in [0.15, 0.2) is 72.9 Å². The number of esters is 3. The van der Waals surface area contributed by atoms with Crippen molar-refractivity contribution in [3.8, 4) is 0 Å². The van der Waals surface area contributed by atoms with E-state index in [-0.39, 0.29) is 31.1 Å². The van der Waals surface area contributed by atoms with Crippen LogP contribution in [-0.4, -0.2) is 37.2 Å². The van der Waals surface area contributed by atoms with E-state index >= 15 is 0 Å². The third-order valence-electron chi connectivity index (χ3n) is 15.7. The molecule has 470 valence electrons. The van der Waals surface area contributed by atoms with Crippen LogP contribution in [0.5, 0.6) is 0 Å². The third-order valence-corrected chi connectivity index (χ3v) is 15.7. The lowest BCUT2D eigenvalue weighted by Gasteiger charge is -2.18. The van der Waals surface area contributed by atoms with Crippen LogP contribution in [0.3, 0.4) is 0 Å². The van der Waals surface area contributed by atoms with Gasteiger partial charge in [0.25, 0.3) is 0 Å². The first-order chi connectivity index (χ1) is 40.0. The molecule has 0 aromatic heterocycles. The average molecular weight is 1130 g/mol. The predicted molar refractivity (Wildman–Crippen MR) is 353 cm³/mol. The summed E-state index contributed by atoms with van der Waals surface area (Å²) in [6.07, 6.45) is 90.7. The molecular formula is C75H134O6. The Hall–Kier alpha value is -3.15. The van der Waals surface area contributed by atoms with Gasteiger partial charge < -0.3 is 14.2 Å². The molecule has 0 aliphatic rings. The van der Waals surface area contributed by atoms with Crippen LogP contribution < -0.4 is 0 Å². The number of carbonyl (C=O) groups excluding carboxylic acids is 3. The number of ether oxygens (including phenoxy) is 3. The summed E-state index contributed by atoms with van der Waals surface area (Å²) in [7, 11) is 0. The molecule has 0 heterocycles. The molecule has 81 heavy (non-hydrogen) atoms. The van der Waals surface area contributed by atoms with Crippen LogP contribution in [0.2, 0.25) is 0 Å². The first-order valence-corrected chi connectivity index (χ1v) is 35.4. The lowest BCUT2D eigenvalue weighted by molar-refractivity contribution is -0.167. The van der Waals surface area contributed by atoms with Crippen LogP contribution in [0.25, 0.3) is 0 Å². The van der Waals surface area contributed by atoms with Crippen molar-refractivity contribution >= 4 is 17.9 Å². The van der Waals surface area contributed by atoms with E-state index in [2.05, 4.69) is 93.7 Å². The van der Waals surface area contributed by atoms with Crippen molar-refractivity contribution in [3.05, 3.63) is 72.9 Å². The number of allylic oxidation sites excluding steroid dienone is 12. The highest BCUT2D eigenvalue weighted by atomic mass is 16.6. The maximum Gasteiger partial charge on any atom is 0.306 e. The largest absolute Gasteiger partial charge is 0.462 e. The standard InChI is InChI=1S/C75H134O6/c1-4-7-10-13-16-19-22-25-28-31-33-34-35-36-37-38-39-40-42-44-47-50-53-56-59-62-65-68-74(77)80-71-72(70-79-73(76)67-64-61-58-55-52-49-46-43-30-27-24-21-18-15-12-9-6-3)81-75(78)69-66-63-60-57-54-51-48-45-41-32-29-26-23-20-17-14-11-8-5-2/h8,11,17,20,26-27,29-31,33,41,45,72H,4-7,9-10,12-16,18-19,21-25,28,32,34-40,42-44,46-71H2,1-3H3/b11-8-,20-17-,29-26-,30-27-,33-31-,45-41-. The summed E-state index contributed by atoms with van der Waals surface area (Å²) in [4.78, 5) is 38.5. The minimum Gasteiger partial charge on any atom is -0.462 e. The van der Waals surface area contributed by atoms with Gasteiger partial charge in [0.2, 0.25) is 0 Å². The summed E-state index contributed by atoms with van der Waals surface area (Å²) in [5.74, 6) is -0.878. The molecule has 0 saturated carbocycles. The van der Waals surface area contributed by atoms with E-state index in [1.165, 1.54) is 231 Å². The molecule has 6 heteroatoms. The van der Waals surface area contributed by atoms with Crippen LogP contribution in [0, 0.1) is 0 Å². The molecule has 0 fully saturated rings. The topological polar surface area (TPSA) is 78.9 Å². The number of hydrogen-bond acceptors (Lipinski definition) is 6. The Morgan fingerprint density at radius 2 is 0.481 bits per heavy atom. The van der Waals surface area contributed by atoms with Gasteiger partial charge >= 0.3 is 17.9 Å². The first-order valence-electron chi connectivity index (χ1n) is 35.4. The molecule has 0 aromatic carbocycles. The number of carbonyl (C=O) groups is 3. The van der Waals surface area contributed by atoms with Gasteiger partial charge in [-0.05, 0) is 109 Å². The van der Waals surface area contributed by atoms with Crippen molar-refractivity contribution in [2.24, 2.45) is 0 Å². The minimum absolute atomic E-state index is 0.0800. The van der Waals surface area contributed by atoms with Gasteiger partial charge in [-0.15, -0.1) is 0 Å². The SMILES string of the molecule is CC/C=C\C/C=C\C/C=C\C/C=C\CCCCCCCCC(=O)OC(COC(=O)CCCCCCCCC/C=C\CCCCCCCC)COC(=O)CCCCCCCCCCCCCCCCC/C=C\CCCCCCCCCC. The fourth-order valence-corrected chi connectivity index (χ4v) is 10.4.